The molecule has 1 heterocycles. The smallest absolute Gasteiger partial charge is 0.289 e. The SMILES string of the molecule is CC(C)(C)n1ncc(OCc2ccc(COCCS)cc2)c(Cl)c1=O. The Kier molecular flexibility index (Phi) is 6.93. The van der Waals surface area contributed by atoms with Crippen LogP contribution in [0.4, 0.5) is 0 Å². The number of thiol groups is 1. The quantitative estimate of drug-likeness (QED) is 0.586. The topological polar surface area (TPSA) is 53.4 Å². The molecule has 0 unspecified atom stereocenters. The molecule has 0 saturated carbocycles. The number of halogens is 1. The lowest BCUT2D eigenvalue weighted by molar-refractivity contribution is 0.136. The molecule has 1 aromatic heterocycles. The van der Waals surface area contributed by atoms with Crippen molar-refractivity contribution in [1.82, 2.24) is 9.78 Å². The molecule has 0 spiro atoms. The molecule has 0 bridgehead atoms. The second-order valence-electron chi connectivity index (χ2n) is 6.59. The van der Waals surface area contributed by atoms with Crippen molar-refractivity contribution in [2.45, 2.75) is 39.5 Å². The van der Waals surface area contributed by atoms with E-state index < -0.39 is 5.54 Å². The molecule has 1 aromatic carbocycles. The average molecular weight is 383 g/mol. The lowest BCUT2D eigenvalue weighted by Gasteiger charge is -2.21. The van der Waals surface area contributed by atoms with E-state index in [0.717, 1.165) is 11.1 Å². The van der Waals surface area contributed by atoms with Gasteiger partial charge in [0.25, 0.3) is 5.56 Å². The number of hydrogen-bond acceptors (Lipinski definition) is 5. The van der Waals surface area contributed by atoms with E-state index >= 15 is 0 Å². The van der Waals surface area contributed by atoms with E-state index in [2.05, 4.69) is 17.7 Å². The molecule has 0 amide bonds. The molecule has 0 N–H and O–H groups in total. The summed E-state index contributed by atoms with van der Waals surface area (Å²) < 4.78 is 12.4. The van der Waals surface area contributed by atoms with Crippen molar-refractivity contribution in [2.24, 2.45) is 0 Å². The summed E-state index contributed by atoms with van der Waals surface area (Å²) in [5.74, 6) is 0.989. The molecule has 2 aromatic rings. The van der Waals surface area contributed by atoms with Crippen LogP contribution in [0.25, 0.3) is 0 Å². The maximum absolute atomic E-state index is 12.3. The van der Waals surface area contributed by atoms with E-state index in [1.165, 1.54) is 10.9 Å². The molecule has 0 atom stereocenters. The van der Waals surface area contributed by atoms with Crippen LogP contribution in [-0.2, 0) is 23.5 Å². The minimum absolute atomic E-state index is 0.0432. The van der Waals surface area contributed by atoms with Crippen molar-refractivity contribution in [3.63, 3.8) is 0 Å². The number of hydrogen-bond donors (Lipinski definition) is 1. The van der Waals surface area contributed by atoms with Gasteiger partial charge >= 0.3 is 0 Å². The van der Waals surface area contributed by atoms with Gasteiger partial charge in [0.2, 0.25) is 0 Å². The van der Waals surface area contributed by atoms with Gasteiger partial charge in [-0.3, -0.25) is 4.79 Å². The van der Waals surface area contributed by atoms with Crippen LogP contribution in [0.3, 0.4) is 0 Å². The average Bonchev–Trinajstić information content (AvgIpc) is 2.56. The van der Waals surface area contributed by atoms with Crippen molar-refractivity contribution in [1.29, 1.82) is 0 Å². The summed E-state index contributed by atoms with van der Waals surface area (Å²) in [5, 5.41) is 4.19. The summed E-state index contributed by atoms with van der Waals surface area (Å²) in [7, 11) is 0. The van der Waals surface area contributed by atoms with Crippen molar-refractivity contribution >= 4 is 24.2 Å². The minimum atomic E-state index is -0.440. The van der Waals surface area contributed by atoms with Crippen LogP contribution in [0.2, 0.25) is 5.02 Å². The summed E-state index contributed by atoms with van der Waals surface area (Å²) >= 11 is 10.2. The molecule has 0 fully saturated rings. The van der Waals surface area contributed by atoms with Gasteiger partial charge in [-0.2, -0.15) is 17.7 Å². The Morgan fingerprint density at radius 3 is 2.32 bits per heavy atom. The Morgan fingerprint density at radius 2 is 1.76 bits per heavy atom. The lowest BCUT2D eigenvalue weighted by atomic mass is 10.1. The molecule has 0 aliphatic heterocycles. The molecular formula is C18H23ClN2O3S. The molecule has 5 nitrogen and oxygen atoms in total. The van der Waals surface area contributed by atoms with Gasteiger partial charge < -0.3 is 9.47 Å². The molecule has 0 aliphatic carbocycles. The first-order valence-corrected chi connectivity index (χ1v) is 9.01. The zero-order chi connectivity index (χ0) is 18.4. The van der Waals surface area contributed by atoms with Crippen LogP contribution in [-0.4, -0.2) is 22.1 Å². The zero-order valence-corrected chi connectivity index (χ0v) is 16.3. The maximum Gasteiger partial charge on any atom is 0.289 e. The summed E-state index contributed by atoms with van der Waals surface area (Å²) in [4.78, 5) is 12.3. The first-order chi connectivity index (χ1) is 11.8. The van der Waals surface area contributed by atoms with Crippen LogP contribution in [0.15, 0.2) is 35.3 Å². The molecule has 0 radical (unpaired) electrons. The van der Waals surface area contributed by atoms with E-state index in [0.29, 0.717) is 25.6 Å². The minimum Gasteiger partial charge on any atom is -0.485 e. The van der Waals surface area contributed by atoms with Gasteiger partial charge in [-0.25, -0.2) is 4.68 Å². The van der Waals surface area contributed by atoms with Gasteiger partial charge in [-0.15, -0.1) is 0 Å². The Labute approximate surface area is 158 Å². The number of aromatic nitrogens is 2. The molecule has 0 saturated heterocycles. The molecule has 0 aliphatic rings. The Balaban J connectivity index is 2.02. The van der Waals surface area contributed by atoms with E-state index in [4.69, 9.17) is 21.1 Å². The first-order valence-electron chi connectivity index (χ1n) is 8.00. The van der Waals surface area contributed by atoms with Gasteiger partial charge in [-0.1, -0.05) is 35.9 Å². The van der Waals surface area contributed by atoms with Gasteiger partial charge in [0.1, 0.15) is 6.61 Å². The molecule has 2 rings (SSSR count). The lowest BCUT2D eigenvalue weighted by Crippen LogP contribution is -2.36. The van der Waals surface area contributed by atoms with Gasteiger partial charge in [0.05, 0.1) is 24.9 Å². The fourth-order valence-corrected chi connectivity index (χ4v) is 2.46. The summed E-state index contributed by atoms with van der Waals surface area (Å²) in [5.41, 5.74) is 1.25. The third-order valence-electron chi connectivity index (χ3n) is 3.44. The molecule has 7 heteroatoms. The van der Waals surface area contributed by atoms with Gasteiger partial charge in [0.15, 0.2) is 10.8 Å². The third-order valence-corrected chi connectivity index (χ3v) is 3.97. The third kappa shape index (κ3) is 5.49. The molecule has 25 heavy (non-hydrogen) atoms. The van der Waals surface area contributed by atoms with Crippen molar-refractivity contribution in [3.8, 4) is 5.75 Å². The number of rotatable bonds is 7. The largest absolute Gasteiger partial charge is 0.485 e. The van der Waals surface area contributed by atoms with Gasteiger partial charge in [0, 0.05) is 5.75 Å². The van der Waals surface area contributed by atoms with Crippen molar-refractivity contribution in [2.75, 3.05) is 12.4 Å². The normalized spacial score (nSPS) is 11.6. The molecule has 136 valence electrons. The van der Waals surface area contributed by atoms with E-state index in [1.54, 1.807) is 0 Å². The highest BCUT2D eigenvalue weighted by Gasteiger charge is 2.19. The summed E-state index contributed by atoms with van der Waals surface area (Å²) in [6.45, 7) is 7.15. The zero-order valence-electron chi connectivity index (χ0n) is 14.7. The van der Waals surface area contributed by atoms with Crippen LogP contribution in [0.1, 0.15) is 31.9 Å². The Hall–Kier alpha value is -1.50. The fourth-order valence-electron chi connectivity index (χ4n) is 2.14. The highest BCUT2D eigenvalue weighted by molar-refractivity contribution is 7.80. The Bertz CT molecular complexity index is 754. The summed E-state index contributed by atoms with van der Waals surface area (Å²) in [6.07, 6.45) is 1.48. The monoisotopic (exact) mass is 382 g/mol. The summed E-state index contributed by atoms with van der Waals surface area (Å²) in [6, 6.07) is 7.87. The van der Waals surface area contributed by atoms with Crippen molar-refractivity contribution < 1.29 is 9.47 Å². The first kappa shape index (κ1) is 19.8. The number of benzene rings is 1. The second kappa shape index (κ2) is 8.74. The predicted octanol–water partition coefficient (Wildman–Crippen LogP) is 3.68. The van der Waals surface area contributed by atoms with Gasteiger partial charge in [-0.05, 0) is 31.9 Å². The van der Waals surface area contributed by atoms with Crippen LogP contribution < -0.4 is 10.3 Å². The Morgan fingerprint density at radius 1 is 1.16 bits per heavy atom. The maximum atomic E-state index is 12.3. The number of nitrogens with zero attached hydrogens (tertiary/aromatic N) is 2. The van der Waals surface area contributed by atoms with E-state index in [9.17, 15) is 4.79 Å². The van der Waals surface area contributed by atoms with E-state index in [-0.39, 0.29) is 16.3 Å². The fraction of sp³-hybridized carbons (Fsp3) is 0.444. The van der Waals surface area contributed by atoms with Crippen molar-refractivity contribution in [3.05, 3.63) is 57.0 Å². The van der Waals surface area contributed by atoms with Crippen LogP contribution >= 0.6 is 24.2 Å². The highest BCUT2D eigenvalue weighted by Crippen LogP contribution is 2.21. The molecular weight excluding hydrogens is 360 g/mol. The standard InChI is InChI=1S/C18H23ClN2O3S/c1-18(2,3)21-17(22)16(19)15(10-20-21)24-12-14-6-4-13(5-7-14)11-23-8-9-25/h4-7,10,25H,8-9,11-12H2,1-3H3. The predicted molar refractivity (Wildman–Crippen MR) is 103 cm³/mol. The van der Waals surface area contributed by atoms with E-state index in [1.807, 2.05) is 45.0 Å². The number of ether oxygens (including phenoxy) is 2. The van der Waals surface area contributed by atoms with Crippen LogP contribution in [0.5, 0.6) is 5.75 Å². The second-order valence-corrected chi connectivity index (χ2v) is 7.42. The highest BCUT2D eigenvalue weighted by atomic mass is 35.5. The van der Waals surface area contributed by atoms with Crippen LogP contribution in [0, 0.1) is 0 Å².